The van der Waals surface area contributed by atoms with Gasteiger partial charge in [-0.2, -0.15) is 0 Å². The summed E-state index contributed by atoms with van der Waals surface area (Å²) in [5, 5.41) is 3.62. The normalized spacial score (nSPS) is 11.2. The van der Waals surface area contributed by atoms with Gasteiger partial charge in [-0.1, -0.05) is 48.5 Å². The summed E-state index contributed by atoms with van der Waals surface area (Å²) in [7, 11) is 0. The van der Waals surface area contributed by atoms with Crippen LogP contribution in [0.1, 0.15) is 11.3 Å². The number of aromatic nitrogens is 1. The summed E-state index contributed by atoms with van der Waals surface area (Å²) in [6.07, 6.45) is 2.76. The molecule has 3 heteroatoms. The van der Waals surface area contributed by atoms with E-state index in [0.717, 1.165) is 25.3 Å². The van der Waals surface area contributed by atoms with Gasteiger partial charge in [0.15, 0.2) is 5.76 Å². The highest BCUT2D eigenvalue weighted by molar-refractivity contribution is 5.90. The molecule has 0 unspecified atom stereocenters. The molecule has 0 spiro atoms. The van der Waals surface area contributed by atoms with Crippen molar-refractivity contribution in [2.24, 2.45) is 0 Å². The molecular formula is C21H21N2O+. The first-order valence-corrected chi connectivity index (χ1v) is 8.41. The minimum atomic E-state index is 0.885. The van der Waals surface area contributed by atoms with Crippen molar-refractivity contribution in [3.8, 4) is 11.3 Å². The predicted molar refractivity (Wildman–Crippen MR) is 96.6 cm³/mol. The number of H-pyrrole nitrogens is 1. The molecule has 120 valence electrons. The number of aromatic amines is 1. The molecule has 0 aliphatic heterocycles. The van der Waals surface area contributed by atoms with Crippen LogP contribution in [0.2, 0.25) is 0 Å². The summed E-state index contributed by atoms with van der Waals surface area (Å²) in [6, 6.07) is 23.1. The number of quaternary nitrogens is 1. The van der Waals surface area contributed by atoms with Crippen molar-refractivity contribution in [3.05, 3.63) is 84.3 Å². The Hall–Kier alpha value is -2.78. The fourth-order valence-electron chi connectivity index (χ4n) is 3.23. The molecule has 0 radical (unpaired) electrons. The molecule has 0 saturated carbocycles. The van der Waals surface area contributed by atoms with Gasteiger partial charge in [0.25, 0.3) is 0 Å². The zero-order valence-corrected chi connectivity index (χ0v) is 13.5. The number of rotatable bonds is 6. The molecule has 2 heterocycles. The van der Waals surface area contributed by atoms with Gasteiger partial charge in [0, 0.05) is 23.0 Å². The lowest BCUT2D eigenvalue weighted by Gasteiger charge is -2.05. The van der Waals surface area contributed by atoms with E-state index in [9.17, 15) is 0 Å². The van der Waals surface area contributed by atoms with Gasteiger partial charge in [-0.25, -0.2) is 0 Å². The van der Waals surface area contributed by atoms with E-state index in [2.05, 4.69) is 64.9 Å². The van der Waals surface area contributed by atoms with E-state index in [4.69, 9.17) is 4.42 Å². The lowest BCUT2D eigenvalue weighted by Crippen LogP contribution is -2.83. The summed E-state index contributed by atoms with van der Waals surface area (Å²) < 4.78 is 5.40. The van der Waals surface area contributed by atoms with Gasteiger partial charge >= 0.3 is 0 Å². The standard InChI is InChI=1S/C21H20N2O/c1-2-7-16(8-3-1)21-19(18-10-4-5-11-20(18)23-21)12-13-22-15-17-9-6-14-24-17/h1-11,14,22-23H,12-13,15H2/p+1. The van der Waals surface area contributed by atoms with E-state index >= 15 is 0 Å². The number of hydrogen-bond donors (Lipinski definition) is 2. The van der Waals surface area contributed by atoms with Gasteiger partial charge in [0.2, 0.25) is 0 Å². The predicted octanol–water partition coefficient (Wildman–Crippen LogP) is 3.73. The van der Waals surface area contributed by atoms with Crippen molar-refractivity contribution in [2.45, 2.75) is 13.0 Å². The maximum absolute atomic E-state index is 5.40. The van der Waals surface area contributed by atoms with Crippen molar-refractivity contribution in [3.63, 3.8) is 0 Å². The molecule has 3 nitrogen and oxygen atoms in total. The van der Waals surface area contributed by atoms with E-state index in [-0.39, 0.29) is 0 Å². The Kier molecular flexibility index (Phi) is 4.17. The molecule has 0 aliphatic carbocycles. The molecule has 4 rings (SSSR count). The van der Waals surface area contributed by atoms with Crippen LogP contribution in [-0.2, 0) is 13.0 Å². The number of furan rings is 1. The summed E-state index contributed by atoms with van der Waals surface area (Å²) in [6.45, 7) is 1.92. The number of para-hydroxylation sites is 1. The van der Waals surface area contributed by atoms with Crippen LogP contribution in [0.25, 0.3) is 22.2 Å². The zero-order chi connectivity index (χ0) is 16.2. The third-order valence-corrected chi connectivity index (χ3v) is 4.40. The molecule has 2 aromatic carbocycles. The van der Waals surface area contributed by atoms with Crippen LogP contribution in [0.3, 0.4) is 0 Å². The lowest BCUT2D eigenvalue weighted by molar-refractivity contribution is -0.671. The minimum Gasteiger partial charge on any atom is -0.463 e. The van der Waals surface area contributed by atoms with Crippen molar-refractivity contribution in [1.29, 1.82) is 0 Å². The molecule has 24 heavy (non-hydrogen) atoms. The highest BCUT2D eigenvalue weighted by Crippen LogP contribution is 2.30. The van der Waals surface area contributed by atoms with Crippen LogP contribution in [0, 0.1) is 0 Å². The Balaban J connectivity index is 1.58. The van der Waals surface area contributed by atoms with Crippen molar-refractivity contribution < 1.29 is 9.73 Å². The van der Waals surface area contributed by atoms with E-state index in [0.29, 0.717) is 0 Å². The van der Waals surface area contributed by atoms with Crippen molar-refractivity contribution in [1.82, 2.24) is 4.98 Å². The van der Waals surface area contributed by atoms with Crippen molar-refractivity contribution >= 4 is 10.9 Å². The highest BCUT2D eigenvalue weighted by atomic mass is 16.3. The number of nitrogens with two attached hydrogens (primary N) is 1. The second-order valence-corrected chi connectivity index (χ2v) is 6.00. The monoisotopic (exact) mass is 317 g/mol. The number of hydrogen-bond acceptors (Lipinski definition) is 1. The fourth-order valence-corrected chi connectivity index (χ4v) is 3.23. The largest absolute Gasteiger partial charge is 0.463 e. The van der Waals surface area contributed by atoms with Crippen LogP contribution >= 0.6 is 0 Å². The summed E-state index contributed by atoms with van der Waals surface area (Å²) in [5.74, 6) is 1.03. The first-order chi connectivity index (χ1) is 11.9. The van der Waals surface area contributed by atoms with Crippen molar-refractivity contribution in [2.75, 3.05) is 6.54 Å². The Morgan fingerprint density at radius 3 is 2.54 bits per heavy atom. The van der Waals surface area contributed by atoms with Crippen LogP contribution in [-0.4, -0.2) is 11.5 Å². The molecule has 4 aromatic rings. The number of benzene rings is 2. The van der Waals surface area contributed by atoms with E-state index < -0.39 is 0 Å². The maximum Gasteiger partial charge on any atom is 0.157 e. The lowest BCUT2D eigenvalue weighted by atomic mass is 10.0. The Labute approximate surface area is 141 Å². The van der Waals surface area contributed by atoms with Gasteiger partial charge in [0.1, 0.15) is 6.54 Å². The van der Waals surface area contributed by atoms with Crippen LogP contribution < -0.4 is 5.32 Å². The average molecular weight is 317 g/mol. The molecule has 0 saturated heterocycles. The van der Waals surface area contributed by atoms with Gasteiger partial charge < -0.3 is 14.7 Å². The molecule has 0 atom stereocenters. The smallest absolute Gasteiger partial charge is 0.157 e. The Bertz CT molecular complexity index is 908. The van der Waals surface area contributed by atoms with Gasteiger partial charge in [-0.05, 0) is 29.3 Å². The SMILES string of the molecule is c1ccc(-c2[nH]c3ccccc3c2CC[NH2+]Cc2ccco2)cc1. The fraction of sp³-hybridized carbons (Fsp3) is 0.143. The average Bonchev–Trinajstić information content (AvgIpc) is 3.27. The molecule has 2 aromatic heterocycles. The molecule has 0 bridgehead atoms. The molecule has 0 fully saturated rings. The van der Waals surface area contributed by atoms with Gasteiger partial charge in [-0.3, -0.25) is 0 Å². The molecule has 3 N–H and O–H groups in total. The number of fused-ring (bicyclic) bond motifs is 1. The van der Waals surface area contributed by atoms with E-state index in [1.807, 2.05) is 12.1 Å². The second-order valence-electron chi connectivity index (χ2n) is 6.00. The molecular weight excluding hydrogens is 296 g/mol. The van der Waals surface area contributed by atoms with Crippen LogP contribution in [0.5, 0.6) is 0 Å². The summed E-state index contributed by atoms with van der Waals surface area (Å²) in [4.78, 5) is 3.60. The quantitative estimate of drug-likeness (QED) is 0.523. The highest BCUT2D eigenvalue weighted by Gasteiger charge is 2.13. The third kappa shape index (κ3) is 2.99. The van der Waals surface area contributed by atoms with Crippen LogP contribution in [0.4, 0.5) is 0 Å². The third-order valence-electron chi connectivity index (χ3n) is 4.40. The number of nitrogens with one attached hydrogen (secondary N) is 1. The van der Waals surface area contributed by atoms with Gasteiger partial charge in [0.05, 0.1) is 12.8 Å². The molecule has 0 amide bonds. The zero-order valence-electron chi connectivity index (χ0n) is 13.5. The Morgan fingerprint density at radius 1 is 0.875 bits per heavy atom. The Morgan fingerprint density at radius 2 is 1.71 bits per heavy atom. The molecule has 0 aliphatic rings. The minimum absolute atomic E-state index is 0.885. The van der Waals surface area contributed by atoms with Crippen LogP contribution in [0.15, 0.2) is 77.4 Å². The van der Waals surface area contributed by atoms with Gasteiger partial charge in [-0.15, -0.1) is 0 Å². The van der Waals surface area contributed by atoms with E-state index in [1.54, 1.807) is 6.26 Å². The first-order valence-electron chi connectivity index (χ1n) is 8.41. The second kappa shape index (κ2) is 6.77. The summed E-state index contributed by atoms with van der Waals surface area (Å²) >= 11 is 0. The van der Waals surface area contributed by atoms with E-state index in [1.165, 1.54) is 27.7 Å². The first kappa shape index (κ1) is 14.8. The maximum atomic E-state index is 5.40. The topological polar surface area (TPSA) is 45.5 Å². The summed E-state index contributed by atoms with van der Waals surface area (Å²) in [5.41, 5.74) is 5.09.